The van der Waals surface area contributed by atoms with Gasteiger partial charge in [0.25, 0.3) is 0 Å². The van der Waals surface area contributed by atoms with Crippen LogP contribution in [0.3, 0.4) is 0 Å². The Bertz CT molecular complexity index is 427. The average Bonchev–Trinajstić information content (AvgIpc) is 2.52. The zero-order chi connectivity index (χ0) is 9.26. The van der Waals surface area contributed by atoms with Gasteiger partial charge in [-0.1, -0.05) is 0 Å². The monoisotopic (exact) mass is 255 g/mol. The van der Waals surface area contributed by atoms with Crippen LogP contribution in [0.4, 0.5) is 0 Å². The molecule has 66 valence electrons. The Hall–Kier alpha value is -0.810. The molecule has 2 aromatic rings. The summed E-state index contributed by atoms with van der Waals surface area (Å²) in [6, 6.07) is 3.92. The molecule has 5 heteroatoms. The van der Waals surface area contributed by atoms with Crippen molar-refractivity contribution < 1.29 is 0 Å². The summed E-state index contributed by atoms with van der Waals surface area (Å²) in [7, 11) is 0. The van der Waals surface area contributed by atoms with Crippen LogP contribution in [0, 0.1) is 6.92 Å². The molecule has 0 bridgehead atoms. The zero-order valence-electron chi connectivity index (χ0n) is 6.86. The molecule has 13 heavy (non-hydrogen) atoms. The normalized spacial score (nSPS) is 10.3. The Morgan fingerprint density at radius 1 is 1.46 bits per heavy atom. The number of pyridine rings is 1. The summed E-state index contributed by atoms with van der Waals surface area (Å²) in [6.45, 7) is 1.96. The molecule has 0 N–H and O–H groups in total. The largest absolute Gasteiger partial charge is 0.262 e. The van der Waals surface area contributed by atoms with Crippen molar-refractivity contribution in [3.8, 4) is 10.6 Å². The third-order valence-electron chi connectivity index (χ3n) is 1.54. The molecule has 0 fully saturated rings. The molecule has 0 saturated heterocycles. The lowest BCUT2D eigenvalue weighted by atomic mass is 10.2. The van der Waals surface area contributed by atoms with E-state index in [1.807, 2.05) is 19.1 Å². The van der Waals surface area contributed by atoms with Crippen LogP contribution in [0.25, 0.3) is 10.6 Å². The molecule has 0 spiro atoms. The summed E-state index contributed by atoms with van der Waals surface area (Å²) < 4.78 is 4.69. The first kappa shape index (κ1) is 8.77. The van der Waals surface area contributed by atoms with Gasteiger partial charge in [0.2, 0.25) is 4.73 Å². The Morgan fingerprint density at radius 3 is 2.92 bits per heavy atom. The number of rotatable bonds is 1. The van der Waals surface area contributed by atoms with E-state index in [2.05, 4.69) is 30.3 Å². The lowest BCUT2D eigenvalue weighted by Crippen LogP contribution is -1.81. The SMILES string of the molecule is Cc1cc(-c2nc(Br)ns2)ccn1. The molecule has 0 unspecified atom stereocenters. The minimum atomic E-state index is 0.641. The summed E-state index contributed by atoms with van der Waals surface area (Å²) in [5.74, 6) is 0. The minimum Gasteiger partial charge on any atom is -0.262 e. The maximum Gasteiger partial charge on any atom is 0.209 e. The third-order valence-corrected chi connectivity index (χ3v) is 2.90. The Labute approximate surface area is 88.2 Å². The number of nitrogens with zero attached hydrogens (tertiary/aromatic N) is 3. The summed E-state index contributed by atoms with van der Waals surface area (Å²) >= 11 is 4.60. The van der Waals surface area contributed by atoms with E-state index >= 15 is 0 Å². The van der Waals surface area contributed by atoms with Gasteiger partial charge in [-0.25, -0.2) is 4.98 Å². The van der Waals surface area contributed by atoms with Crippen LogP contribution in [0.5, 0.6) is 0 Å². The summed E-state index contributed by atoms with van der Waals surface area (Å²) in [4.78, 5) is 8.34. The van der Waals surface area contributed by atoms with Crippen LogP contribution in [-0.2, 0) is 0 Å². The lowest BCUT2D eigenvalue weighted by Gasteiger charge is -1.95. The van der Waals surface area contributed by atoms with Crippen LogP contribution in [0.2, 0.25) is 0 Å². The first-order chi connectivity index (χ1) is 6.25. The van der Waals surface area contributed by atoms with Gasteiger partial charge in [-0.05, 0) is 46.5 Å². The first-order valence-electron chi connectivity index (χ1n) is 3.68. The van der Waals surface area contributed by atoms with Crippen molar-refractivity contribution in [1.29, 1.82) is 0 Å². The molecule has 0 saturated carbocycles. The van der Waals surface area contributed by atoms with Gasteiger partial charge in [0.15, 0.2) is 0 Å². The molecule has 0 aliphatic heterocycles. The Kier molecular flexibility index (Phi) is 2.37. The van der Waals surface area contributed by atoms with Crippen LogP contribution >= 0.6 is 27.5 Å². The fraction of sp³-hybridized carbons (Fsp3) is 0.125. The summed E-state index contributed by atoms with van der Waals surface area (Å²) in [5.41, 5.74) is 2.06. The number of aryl methyl sites for hydroxylation is 1. The predicted molar refractivity (Wildman–Crippen MR) is 55.6 cm³/mol. The molecule has 2 heterocycles. The predicted octanol–water partition coefficient (Wildman–Crippen LogP) is 2.67. The van der Waals surface area contributed by atoms with Crippen LogP contribution in [0.15, 0.2) is 23.1 Å². The molecule has 0 amide bonds. The maximum absolute atomic E-state index is 4.22. The van der Waals surface area contributed by atoms with E-state index in [-0.39, 0.29) is 0 Å². The van der Waals surface area contributed by atoms with Crippen LogP contribution in [0.1, 0.15) is 5.69 Å². The second-order valence-corrected chi connectivity index (χ2v) is 4.02. The van der Waals surface area contributed by atoms with Gasteiger partial charge in [-0.3, -0.25) is 4.98 Å². The average molecular weight is 256 g/mol. The smallest absolute Gasteiger partial charge is 0.209 e. The zero-order valence-corrected chi connectivity index (χ0v) is 9.26. The fourth-order valence-corrected chi connectivity index (χ4v) is 2.08. The van der Waals surface area contributed by atoms with E-state index < -0.39 is 0 Å². The Morgan fingerprint density at radius 2 is 2.31 bits per heavy atom. The lowest BCUT2D eigenvalue weighted by molar-refractivity contribution is 1.19. The molecular weight excluding hydrogens is 250 g/mol. The molecule has 3 nitrogen and oxygen atoms in total. The van der Waals surface area contributed by atoms with E-state index in [1.54, 1.807) is 6.20 Å². The molecule has 0 aliphatic carbocycles. The second kappa shape index (κ2) is 3.51. The van der Waals surface area contributed by atoms with Crippen LogP contribution in [-0.4, -0.2) is 14.3 Å². The topological polar surface area (TPSA) is 38.7 Å². The number of hydrogen-bond acceptors (Lipinski definition) is 4. The standard InChI is InChI=1S/C8H6BrN3S/c1-5-4-6(2-3-10-5)7-11-8(9)12-13-7/h2-4H,1H3. The quantitative estimate of drug-likeness (QED) is 0.787. The molecule has 2 aromatic heterocycles. The van der Waals surface area contributed by atoms with E-state index in [0.29, 0.717) is 4.73 Å². The van der Waals surface area contributed by atoms with E-state index in [0.717, 1.165) is 16.3 Å². The molecular formula is C8H6BrN3S. The van der Waals surface area contributed by atoms with Gasteiger partial charge in [0, 0.05) is 17.5 Å². The van der Waals surface area contributed by atoms with Crippen molar-refractivity contribution in [1.82, 2.24) is 14.3 Å². The van der Waals surface area contributed by atoms with Gasteiger partial charge in [-0.2, -0.15) is 4.37 Å². The van der Waals surface area contributed by atoms with E-state index in [1.165, 1.54) is 11.5 Å². The molecule has 0 aromatic carbocycles. The van der Waals surface area contributed by atoms with Crippen molar-refractivity contribution in [2.45, 2.75) is 6.92 Å². The van der Waals surface area contributed by atoms with E-state index in [4.69, 9.17) is 0 Å². The van der Waals surface area contributed by atoms with Crippen LogP contribution < -0.4 is 0 Å². The molecule has 0 atom stereocenters. The van der Waals surface area contributed by atoms with Gasteiger partial charge in [0.1, 0.15) is 5.01 Å². The highest BCUT2D eigenvalue weighted by atomic mass is 79.9. The van der Waals surface area contributed by atoms with Gasteiger partial charge in [0.05, 0.1) is 0 Å². The highest BCUT2D eigenvalue weighted by Gasteiger charge is 2.03. The van der Waals surface area contributed by atoms with Crippen molar-refractivity contribution in [2.24, 2.45) is 0 Å². The fourth-order valence-electron chi connectivity index (χ4n) is 1.00. The Balaban J connectivity index is 2.46. The molecule has 0 aliphatic rings. The second-order valence-electron chi connectivity index (χ2n) is 2.55. The van der Waals surface area contributed by atoms with Gasteiger partial charge < -0.3 is 0 Å². The number of hydrogen-bond donors (Lipinski definition) is 0. The third kappa shape index (κ3) is 1.92. The number of halogens is 1. The van der Waals surface area contributed by atoms with Crippen molar-refractivity contribution in [3.05, 3.63) is 28.8 Å². The molecule has 2 rings (SSSR count). The van der Waals surface area contributed by atoms with Gasteiger partial charge >= 0.3 is 0 Å². The highest BCUT2D eigenvalue weighted by molar-refractivity contribution is 9.10. The number of aromatic nitrogens is 3. The van der Waals surface area contributed by atoms with Crippen molar-refractivity contribution in [2.75, 3.05) is 0 Å². The highest BCUT2D eigenvalue weighted by Crippen LogP contribution is 2.22. The van der Waals surface area contributed by atoms with E-state index in [9.17, 15) is 0 Å². The van der Waals surface area contributed by atoms with Crippen molar-refractivity contribution in [3.63, 3.8) is 0 Å². The molecule has 0 radical (unpaired) electrons. The minimum absolute atomic E-state index is 0.641. The summed E-state index contributed by atoms with van der Waals surface area (Å²) in [6.07, 6.45) is 1.78. The first-order valence-corrected chi connectivity index (χ1v) is 5.24. The van der Waals surface area contributed by atoms with Gasteiger partial charge in [-0.15, -0.1) is 0 Å². The maximum atomic E-state index is 4.22. The summed E-state index contributed by atoms with van der Waals surface area (Å²) in [5, 5.41) is 0.914. The van der Waals surface area contributed by atoms with Crippen molar-refractivity contribution >= 4 is 27.5 Å².